The molecule has 0 unspecified atom stereocenters. The van der Waals surface area contributed by atoms with Crippen molar-refractivity contribution in [3.63, 3.8) is 0 Å². The number of rotatable bonds is 6. The third-order valence-electron chi connectivity index (χ3n) is 3.67. The molecule has 1 amide bonds. The highest BCUT2D eigenvalue weighted by atomic mass is 35.5. The molecule has 29 heavy (non-hydrogen) atoms. The molecule has 3 aromatic rings. The van der Waals surface area contributed by atoms with E-state index >= 15 is 0 Å². The van der Waals surface area contributed by atoms with Crippen molar-refractivity contribution in [3.8, 4) is 11.5 Å². The monoisotopic (exact) mass is 432 g/mol. The summed E-state index contributed by atoms with van der Waals surface area (Å²) in [7, 11) is 1.43. The lowest BCUT2D eigenvalue weighted by Gasteiger charge is -2.11. The van der Waals surface area contributed by atoms with Gasteiger partial charge in [0.15, 0.2) is 5.76 Å². The van der Waals surface area contributed by atoms with E-state index in [0.29, 0.717) is 21.4 Å². The lowest BCUT2D eigenvalue weighted by molar-refractivity contribution is 0.0730. The second kappa shape index (κ2) is 9.27. The maximum atomic E-state index is 12.6. The van der Waals surface area contributed by atoms with Crippen LogP contribution in [0.25, 0.3) is 0 Å². The lowest BCUT2D eigenvalue weighted by atomic mass is 10.2. The van der Waals surface area contributed by atoms with Crippen molar-refractivity contribution in [2.75, 3.05) is 7.11 Å². The fourth-order valence-electron chi connectivity index (χ4n) is 2.33. The van der Waals surface area contributed by atoms with Crippen molar-refractivity contribution in [1.82, 2.24) is 5.43 Å². The van der Waals surface area contributed by atoms with Gasteiger partial charge in [-0.1, -0.05) is 23.2 Å². The van der Waals surface area contributed by atoms with E-state index in [1.165, 1.54) is 43.9 Å². The Balaban J connectivity index is 1.80. The molecule has 1 heterocycles. The number of nitrogens with one attached hydrogen (secondary N) is 1. The highest BCUT2D eigenvalue weighted by Crippen LogP contribution is 2.26. The predicted octanol–water partition coefficient (Wildman–Crippen LogP) is 4.58. The predicted molar refractivity (Wildman–Crippen MR) is 108 cm³/mol. The van der Waals surface area contributed by atoms with Gasteiger partial charge in [0.2, 0.25) is 0 Å². The van der Waals surface area contributed by atoms with Crippen LogP contribution in [0.5, 0.6) is 11.5 Å². The Morgan fingerprint density at radius 2 is 1.79 bits per heavy atom. The molecule has 0 radical (unpaired) electrons. The summed E-state index contributed by atoms with van der Waals surface area (Å²) < 4.78 is 15.6. The number of methoxy groups -OCH3 is 1. The van der Waals surface area contributed by atoms with Crippen LogP contribution >= 0.6 is 23.2 Å². The molecule has 0 fully saturated rings. The number of benzene rings is 2. The molecule has 1 aromatic heterocycles. The second-order valence-corrected chi connectivity index (χ2v) is 6.47. The van der Waals surface area contributed by atoms with E-state index < -0.39 is 11.9 Å². The highest BCUT2D eigenvalue weighted by molar-refractivity contribution is 6.31. The summed E-state index contributed by atoms with van der Waals surface area (Å²) in [4.78, 5) is 24.5. The van der Waals surface area contributed by atoms with Crippen LogP contribution in [-0.2, 0) is 0 Å². The van der Waals surface area contributed by atoms with Gasteiger partial charge >= 0.3 is 11.9 Å². The van der Waals surface area contributed by atoms with Crippen LogP contribution < -0.4 is 14.9 Å². The minimum absolute atomic E-state index is 0.105. The van der Waals surface area contributed by atoms with Gasteiger partial charge < -0.3 is 13.9 Å². The fraction of sp³-hybridized carbons (Fsp3) is 0.0500. The second-order valence-electron chi connectivity index (χ2n) is 5.59. The Bertz CT molecular complexity index is 1060. The van der Waals surface area contributed by atoms with E-state index in [4.69, 9.17) is 37.1 Å². The van der Waals surface area contributed by atoms with Gasteiger partial charge in [-0.2, -0.15) is 5.10 Å². The molecular weight excluding hydrogens is 419 g/mol. The summed E-state index contributed by atoms with van der Waals surface area (Å²) in [6.07, 6.45) is 2.67. The Hall–Kier alpha value is -3.29. The number of halogens is 2. The number of furan rings is 1. The third kappa shape index (κ3) is 5.16. The molecule has 0 saturated heterocycles. The van der Waals surface area contributed by atoms with E-state index in [0.717, 1.165) is 0 Å². The van der Waals surface area contributed by atoms with E-state index in [1.807, 2.05) is 0 Å². The normalized spacial score (nSPS) is 10.7. The number of ether oxygens (including phenoxy) is 2. The van der Waals surface area contributed by atoms with Crippen LogP contribution in [0.15, 0.2) is 64.3 Å². The number of amides is 1. The van der Waals surface area contributed by atoms with Crippen molar-refractivity contribution in [3.05, 3.63) is 81.7 Å². The molecule has 0 saturated carbocycles. The summed E-state index contributed by atoms with van der Waals surface area (Å²) in [5.74, 6) is -0.615. The van der Waals surface area contributed by atoms with Crippen LogP contribution in [-0.4, -0.2) is 25.2 Å². The minimum Gasteiger partial charge on any atom is -0.496 e. The number of nitrogens with zero attached hydrogens (tertiary/aromatic N) is 1. The van der Waals surface area contributed by atoms with Crippen LogP contribution in [0.2, 0.25) is 10.0 Å². The van der Waals surface area contributed by atoms with Gasteiger partial charge in [-0.25, -0.2) is 10.2 Å². The van der Waals surface area contributed by atoms with E-state index in [9.17, 15) is 9.59 Å². The van der Waals surface area contributed by atoms with Crippen molar-refractivity contribution < 1.29 is 23.5 Å². The lowest BCUT2D eigenvalue weighted by Crippen LogP contribution is -2.17. The van der Waals surface area contributed by atoms with Crippen molar-refractivity contribution in [2.45, 2.75) is 0 Å². The number of esters is 1. The fourth-order valence-corrected chi connectivity index (χ4v) is 2.68. The number of hydrogen-bond donors (Lipinski definition) is 1. The molecule has 0 aliphatic rings. The zero-order valence-electron chi connectivity index (χ0n) is 15.0. The van der Waals surface area contributed by atoms with Crippen molar-refractivity contribution >= 4 is 41.3 Å². The van der Waals surface area contributed by atoms with Gasteiger partial charge in [-0.05, 0) is 48.5 Å². The largest absolute Gasteiger partial charge is 0.496 e. The third-order valence-corrected chi connectivity index (χ3v) is 4.14. The molecule has 3 rings (SSSR count). The maximum absolute atomic E-state index is 12.6. The van der Waals surface area contributed by atoms with Gasteiger partial charge in [0.25, 0.3) is 0 Å². The number of hydrogen-bond acceptors (Lipinski definition) is 6. The summed E-state index contributed by atoms with van der Waals surface area (Å²) in [6, 6.07) is 12.3. The molecule has 0 spiro atoms. The van der Waals surface area contributed by atoms with E-state index in [-0.39, 0.29) is 17.1 Å². The van der Waals surface area contributed by atoms with Crippen molar-refractivity contribution in [1.29, 1.82) is 0 Å². The Labute approximate surface area is 175 Å². The first-order valence-corrected chi connectivity index (χ1v) is 8.95. The molecule has 7 nitrogen and oxygen atoms in total. The van der Waals surface area contributed by atoms with Crippen LogP contribution in [0, 0.1) is 0 Å². The summed E-state index contributed by atoms with van der Waals surface area (Å²) in [5, 5.41) is 4.60. The van der Waals surface area contributed by atoms with Gasteiger partial charge in [0.05, 0.1) is 19.6 Å². The molecule has 0 bridgehead atoms. The first-order chi connectivity index (χ1) is 14.0. The molecular formula is C20H14Cl2N2O5. The number of hydrazone groups is 1. The van der Waals surface area contributed by atoms with Gasteiger partial charge in [0.1, 0.15) is 17.1 Å². The number of carbonyl (C=O) groups is 2. The molecule has 148 valence electrons. The quantitative estimate of drug-likeness (QED) is 0.266. The molecule has 0 aliphatic carbocycles. The SMILES string of the molecule is COc1ccc(Cl)cc1C(=O)Oc1ccc(Cl)cc1/C=N/NC(=O)c1ccco1. The highest BCUT2D eigenvalue weighted by Gasteiger charge is 2.17. The summed E-state index contributed by atoms with van der Waals surface area (Å²) in [6.45, 7) is 0. The maximum Gasteiger partial charge on any atom is 0.347 e. The van der Waals surface area contributed by atoms with Crippen LogP contribution in [0.4, 0.5) is 0 Å². The first-order valence-electron chi connectivity index (χ1n) is 8.20. The first kappa shape index (κ1) is 20.4. The molecule has 0 aliphatic heterocycles. The van der Waals surface area contributed by atoms with Crippen molar-refractivity contribution in [2.24, 2.45) is 5.10 Å². The van der Waals surface area contributed by atoms with E-state index in [2.05, 4.69) is 10.5 Å². The standard InChI is InChI=1S/C20H14Cl2N2O5/c1-27-17-7-5-14(22)10-15(17)20(26)29-16-6-4-13(21)9-12(16)11-23-24-19(25)18-3-2-8-28-18/h2-11H,1H3,(H,24,25)/b23-11+. The Kier molecular flexibility index (Phi) is 6.54. The summed E-state index contributed by atoms with van der Waals surface area (Å²) in [5.41, 5.74) is 2.83. The van der Waals surface area contributed by atoms with Crippen LogP contribution in [0.1, 0.15) is 26.5 Å². The van der Waals surface area contributed by atoms with Crippen LogP contribution in [0.3, 0.4) is 0 Å². The minimum atomic E-state index is -0.680. The van der Waals surface area contributed by atoms with Gasteiger partial charge in [0, 0.05) is 15.6 Å². The zero-order chi connectivity index (χ0) is 20.8. The summed E-state index contributed by atoms with van der Waals surface area (Å²) >= 11 is 12.0. The number of carbonyl (C=O) groups excluding carboxylic acids is 2. The average Bonchev–Trinajstić information content (AvgIpc) is 3.24. The average molecular weight is 433 g/mol. The zero-order valence-corrected chi connectivity index (χ0v) is 16.5. The topological polar surface area (TPSA) is 90.1 Å². The van der Waals surface area contributed by atoms with Gasteiger partial charge in [-0.3, -0.25) is 4.79 Å². The Morgan fingerprint density at radius 1 is 1.07 bits per heavy atom. The Morgan fingerprint density at radius 3 is 2.48 bits per heavy atom. The molecule has 1 N–H and O–H groups in total. The van der Waals surface area contributed by atoms with E-state index in [1.54, 1.807) is 24.3 Å². The molecule has 0 atom stereocenters. The molecule has 9 heteroatoms. The smallest absolute Gasteiger partial charge is 0.347 e. The molecule has 2 aromatic carbocycles. The van der Waals surface area contributed by atoms with Gasteiger partial charge in [-0.15, -0.1) is 0 Å².